The Hall–Kier alpha value is -1.06. The van der Waals surface area contributed by atoms with Gasteiger partial charge in [0.2, 0.25) is 5.91 Å². The molecule has 0 heterocycles. The fraction of sp³-hybridized carbons (Fsp3) is 0.867. The first-order valence-electron chi connectivity index (χ1n) is 7.57. The van der Waals surface area contributed by atoms with Gasteiger partial charge in [-0.25, -0.2) is 0 Å². The van der Waals surface area contributed by atoms with E-state index in [4.69, 9.17) is 5.11 Å². The van der Waals surface area contributed by atoms with E-state index in [2.05, 4.69) is 13.8 Å². The number of carbonyl (C=O) groups excluding carboxylic acids is 1. The predicted molar refractivity (Wildman–Crippen MR) is 74.9 cm³/mol. The molecular formula is C15H27NO3. The van der Waals surface area contributed by atoms with Gasteiger partial charge in [-0.15, -0.1) is 0 Å². The maximum absolute atomic E-state index is 12.3. The number of rotatable bonds is 7. The standard InChI is InChI=1S/C15H27NO3/c1-3-4-9-14(17)16(11-10-15(18)19)13-8-6-5-7-12(13)2/h12-13H,3-11H2,1-2H3,(H,18,19). The molecule has 1 aliphatic carbocycles. The molecule has 4 nitrogen and oxygen atoms in total. The van der Waals surface area contributed by atoms with Gasteiger partial charge in [-0.1, -0.05) is 33.1 Å². The van der Waals surface area contributed by atoms with Gasteiger partial charge in [-0.05, 0) is 25.2 Å². The van der Waals surface area contributed by atoms with Crippen molar-refractivity contribution in [2.45, 2.75) is 71.3 Å². The molecule has 110 valence electrons. The zero-order valence-electron chi connectivity index (χ0n) is 12.2. The average molecular weight is 269 g/mol. The quantitative estimate of drug-likeness (QED) is 0.772. The van der Waals surface area contributed by atoms with Crippen LogP contribution in [0.4, 0.5) is 0 Å². The summed E-state index contributed by atoms with van der Waals surface area (Å²) >= 11 is 0. The number of hydrogen-bond donors (Lipinski definition) is 1. The first kappa shape index (κ1) is 16.0. The van der Waals surface area contributed by atoms with E-state index in [0.29, 0.717) is 18.9 Å². The van der Waals surface area contributed by atoms with Gasteiger partial charge in [-0.3, -0.25) is 9.59 Å². The van der Waals surface area contributed by atoms with E-state index in [-0.39, 0.29) is 18.4 Å². The van der Waals surface area contributed by atoms with Gasteiger partial charge in [0.1, 0.15) is 0 Å². The van der Waals surface area contributed by atoms with E-state index in [1.807, 2.05) is 4.90 Å². The van der Waals surface area contributed by atoms with E-state index < -0.39 is 5.97 Å². The smallest absolute Gasteiger partial charge is 0.305 e. The molecule has 19 heavy (non-hydrogen) atoms. The maximum atomic E-state index is 12.3. The Morgan fingerprint density at radius 1 is 1.21 bits per heavy atom. The third-order valence-corrected chi connectivity index (χ3v) is 4.10. The molecule has 0 spiro atoms. The highest BCUT2D eigenvalue weighted by molar-refractivity contribution is 5.77. The highest BCUT2D eigenvalue weighted by Crippen LogP contribution is 2.28. The molecule has 0 bridgehead atoms. The Morgan fingerprint density at radius 2 is 1.89 bits per heavy atom. The highest BCUT2D eigenvalue weighted by Gasteiger charge is 2.30. The van der Waals surface area contributed by atoms with Crippen molar-refractivity contribution in [3.63, 3.8) is 0 Å². The van der Waals surface area contributed by atoms with Crippen molar-refractivity contribution in [3.05, 3.63) is 0 Å². The number of carboxylic acid groups (broad SMARTS) is 1. The molecule has 1 amide bonds. The van der Waals surface area contributed by atoms with Crippen LogP contribution in [0.25, 0.3) is 0 Å². The molecule has 1 rings (SSSR count). The van der Waals surface area contributed by atoms with Crippen molar-refractivity contribution in [1.29, 1.82) is 0 Å². The lowest BCUT2D eigenvalue weighted by Gasteiger charge is -2.38. The van der Waals surface area contributed by atoms with Gasteiger partial charge >= 0.3 is 5.97 Å². The van der Waals surface area contributed by atoms with Crippen LogP contribution in [0, 0.1) is 5.92 Å². The van der Waals surface area contributed by atoms with E-state index in [1.54, 1.807) is 0 Å². The monoisotopic (exact) mass is 269 g/mol. The van der Waals surface area contributed by atoms with Crippen LogP contribution in [0.2, 0.25) is 0 Å². The van der Waals surface area contributed by atoms with Crippen molar-refractivity contribution in [2.24, 2.45) is 5.92 Å². The molecule has 2 unspecified atom stereocenters. The summed E-state index contributed by atoms with van der Waals surface area (Å²) in [4.78, 5) is 24.9. The first-order valence-corrected chi connectivity index (χ1v) is 7.57. The molecule has 1 aliphatic rings. The minimum absolute atomic E-state index is 0.0566. The minimum Gasteiger partial charge on any atom is -0.481 e. The van der Waals surface area contributed by atoms with E-state index >= 15 is 0 Å². The lowest BCUT2D eigenvalue weighted by atomic mass is 9.84. The van der Waals surface area contributed by atoms with Crippen LogP contribution in [0.5, 0.6) is 0 Å². The second-order valence-corrected chi connectivity index (χ2v) is 5.66. The van der Waals surface area contributed by atoms with Crippen molar-refractivity contribution in [1.82, 2.24) is 4.90 Å². The number of amides is 1. The summed E-state index contributed by atoms with van der Waals surface area (Å²) in [5, 5.41) is 8.85. The molecule has 0 radical (unpaired) electrons. The number of nitrogens with zero attached hydrogens (tertiary/aromatic N) is 1. The van der Waals surface area contributed by atoms with Gasteiger partial charge in [0.25, 0.3) is 0 Å². The van der Waals surface area contributed by atoms with Gasteiger partial charge in [0, 0.05) is 19.0 Å². The van der Waals surface area contributed by atoms with E-state index in [9.17, 15) is 9.59 Å². The van der Waals surface area contributed by atoms with Crippen LogP contribution < -0.4 is 0 Å². The molecule has 0 aliphatic heterocycles. The summed E-state index contributed by atoms with van der Waals surface area (Å²) < 4.78 is 0. The SMILES string of the molecule is CCCCC(=O)N(CCC(=O)O)C1CCCCC1C. The molecule has 0 aromatic carbocycles. The van der Waals surface area contributed by atoms with Crippen LogP contribution in [-0.4, -0.2) is 34.5 Å². The second-order valence-electron chi connectivity index (χ2n) is 5.66. The molecule has 4 heteroatoms. The number of unbranched alkanes of at least 4 members (excludes halogenated alkanes) is 1. The Morgan fingerprint density at radius 3 is 2.47 bits per heavy atom. The lowest BCUT2D eigenvalue weighted by molar-refractivity contribution is -0.140. The maximum Gasteiger partial charge on any atom is 0.305 e. The highest BCUT2D eigenvalue weighted by atomic mass is 16.4. The van der Waals surface area contributed by atoms with E-state index in [0.717, 1.165) is 32.1 Å². The van der Waals surface area contributed by atoms with Crippen LogP contribution in [0.3, 0.4) is 0 Å². The average Bonchev–Trinajstić information content (AvgIpc) is 2.38. The summed E-state index contributed by atoms with van der Waals surface area (Å²) in [7, 11) is 0. The Kier molecular flexibility index (Phi) is 6.89. The Bertz CT molecular complexity index is 304. The number of carboxylic acids is 1. The largest absolute Gasteiger partial charge is 0.481 e. The summed E-state index contributed by atoms with van der Waals surface area (Å²) in [6.45, 7) is 4.62. The minimum atomic E-state index is -0.822. The van der Waals surface area contributed by atoms with Crippen LogP contribution >= 0.6 is 0 Å². The summed E-state index contributed by atoms with van der Waals surface area (Å²) in [5.74, 6) is -0.188. The van der Waals surface area contributed by atoms with Crippen LogP contribution in [-0.2, 0) is 9.59 Å². The number of carbonyl (C=O) groups is 2. The third kappa shape index (κ3) is 5.21. The summed E-state index contributed by atoms with van der Waals surface area (Å²) in [6.07, 6.45) is 7.06. The molecule has 0 aromatic heterocycles. The normalized spacial score (nSPS) is 23.1. The number of hydrogen-bond acceptors (Lipinski definition) is 2. The Labute approximate surface area is 116 Å². The van der Waals surface area contributed by atoms with Gasteiger partial charge in [-0.2, -0.15) is 0 Å². The predicted octanol–water partition coefficient (Wildman–Crippen LogP) is 3.06. The molecule has 0 aromatic rings. The molecule has 2 atom stereocenters. The zero-order chi connectivity index (χ0) is 14.3. The topological polar surface area (TPSA) is 57.6 Å². The summed E-state index contributed by atoms with van der Waals surface area (Å²) in [6, 6.07) is 0.248. The van der Waals surface area contributed by atoms with E-state index in [1.165, 1.54) is 6.42 Å². The molecule has 1 saturated carbocycles. The number of aliphatic carboxylic acids is 1. The van der Waals surface area contributed by atoms with Crippen molar-refractivity contribution >= 4 is 11.9 Å². The third-order valence-electron chi connectivity index (χ3n) is 4.10. The molecular weight excluding hydrogens is 242 g/mol. The summed E-state index contributed by atoms with van der Waals surface area (Å²) in [5.41, 5.74) is 0. The fourth-order valence-corrected chi connectivity index (χ4v) is 2.92. The molecule has 1 N–H and O–H groups in total. The van der Waals surface area contributed by atoms with Crippen LogP contribution in [0.1, 0.15) is 65.2 Å². The van der Waals surface area contributed by atoms with Gasteiger partial charge < -0.3 is 10.0 Å². The zero-order valence-corrected chi connectivity index (χ0v) is 12.2. The lowest BCUT2D eigenvalue weighted by Crippen LogP contribution is -2.46. The van der Waals surface area contributed by atoms with Gasteiger partial charge in [0.15, 0.2) is 0 Å². The van der Waals surface area contributed by atoms with Crippen molar-refractivity contribution in [2.75, 3.05) is 6.54 Å². The van der Waals surface area contributed by atoms with Crippen molar-refractivity contribution in [3.8, 4) is 0 Å². The molecule has 0 saturated heterocycles. The Balaban J connectivity index is 2.66. The van der Waals surface area contributed by atoms with Crippen molar-refractivity contribution < 1.29 is 14.7 Å². The second kappa shape index (κ2) is 8.18. The van der Waals surface area contributed by atoms with Gasteiger partial charge in [0.05, 0.1) is 6.42 Å². The molecule has 1 fully saturated rings. The fourth-order valence-electron chi connectivity index (χ4n) is 2.92. The van der Waals surface area contributed by atoms with Crippen LogP contribution in [0.15, 0.2) is 0 Å². The first-order chi connectivity index (χ1) is 9.06.